The zero-order valence-corrected chi connectivity index (χ0v) is 13.7. The maximum absolute atomic E-state index is 12.4. The summed E-state index contributed by atoms with van der Waals surface area (Å²) >= 11 is 0. The maximum atomic E-state index is 12.4. The maximum Gasteiger partial charge on any atom is 0.325 e. The predicted molar refractivity (Wildman–Crippen MR) is 87.5 cm³/mol. The van der Waals surface area contributed by atoms with E-state index in [1.807, 2.05) is 19.1 Å². The minimum absolute atomic E-state index is 0.0265. The van der Waals surface area contributed by atoms with Gasteiger partial charge in [-0.05, 0) is 25.5 Å². The molecule has 3 rings (SSSR count). The van der Waals surface area contributed by atoms with Crippen molar-refractivity contribution in [2.24, 2.45) is 0 Å². The number of anilines is 1. The van der Waals surface area contributed by atoms with Crippen molar-refractivity contribution in [2.75, 3.05) is 44.2 Å². The van der Waals surface area contributed by atoms with Crippen molar-refractivity contribution in [1.82, 2.24) is 20.1 Å². The van der Waals surface area contributed by atoms with Gasteiger partial charge in [-0.3, -0.25) is 19.5 Å². The van der Waals surface area contributed by atoms with Gasteiger partial charge in [0.15, 0.2) is 0 Å². The second-order valence-corrected chi connectivity index (χ2v) is 6.02. The fourth-order valence-corrected chi connectivity index (χ4v) is 3.00. The number of carbonyl (C=O) groups is 3. The fraction of sp³-hybridized carbons (Fsp3) is 0.500. The number of carbonyl (C=O) groups excluding carboxylic acids is 3. The van der Waals surface area contributed by atoms with Crippen molar-refractivity contribution in [1.29, 1.82) is 0 Å². The smallest absolute Gasteiger partial charge is 0.325 e. The number of pyridine rings is 1. The molecule has 0 radical (unpaired) electrons. The van der Waals surface area contributed by atoms with Gasteiger partial charge in [0.2, 0.25) is 5.91 Å². The lowest BCUT2D eigenvalue weighted by molar-refractivity contribution is -0.136. The normalized spacial score (nSPS) is 18.6. The summed E-state index contributed by atoms with van der Waals surface area (Å²) in [6, 6.07) is 3.51. The van der Waals surface area contributed by atoms with Gasteiger partial charge >= 0.3 is 6.03 Å². The summed E-state index contributed by atoms with van der Waals surface area (Å²) in [6.45, 7) is 4.52. The molecule has 1 aromatic heterocycles. The van der Waals surface area contributed by atoms with Crippen LogP contribution in [0.4, 0.5) is 10.5 Å². The monoisotopic (exact) mass is 331 g/mol. The molecule has 2 saturated heterocycles. The van der Waals surface area contributed by atoms with Crippen molar-refractivity contribution in [3.63, 3.8) is 0 Å². The van der Waals surface area contributed by atoms with Gasteiger partial charge in [-0.1, -0.05) is 0 Å². The first-order valence-corrected chi connectivity index (χ1v) is 8.08. The average molecular weight is 331 g/mol. The molecule has 0 aliphatic carbocycles. The van der Waals surface area contributed by atoms with E-state index in [0.717, 1.165) is 35.8 Å². The van der Waals surface area contributed by atoms with Crippen molar-refractivity contribution in [2.45, 2.75) is 13.3 Å². The summed E-state index contributed by atoms with van der Waals surface area (Å²) in [7, 11) is 0. The van der Waals surface area contributed by atoms with Crippen LogP contribution in [-0.4, -0.2) is 71.9 Å². The summed E-state index contributed by atoms with van der Waals surface area (Å²) in [5, 5.41) is 2.43. The number of imide groups is 1. The predicted octanol–water partition coefficient (Wildman–Crippen LogP) is -0.0195. The van der Waals surface area contributed by atoms with Crippen LogP contribution in [0.2, 0.25) is 0 Å². The Hall–Kier alpha value is -2.64. The molecular formula is C16H21N5O3. The topological polar surface area (TPSA) is 85.9 Å². The number of rotatable bonds is 3. The van der Waals surface area contributed by atoms with E-state index in [2.05, 4.69) is 15.2 Å². The number of aryl methyl sites for hydroxylation is 1. The van der Waals surface area contributed by atoms with Gasteiger partial charge < -0.3 is 15.1 Å². The molecule has 4 amide bonds. The second kappa shape index (κ2) is 6.86. The first-order valence-electron chi connectivity index (χ1n) is 8.08. The largest absolute Gasteiger partial charge is 0.370 e. The zero-order valence-electron chi connectivity index (χ0n) is 13.7. The molecular weight excluding hydrogens is 310 g/mol. The van der Waals surface area contributed by atoms with E-state index in [9.17, 15) is 14.4 Å². The van der Waals surface area contributed by atoms with Crippen LogP contribution < -0.4 is 10.2 Å². The molecule has 0 spiro atoms. The second-order valence-electron chi connectivity index (χ2n) is 6.02. The van der Waals surface area contributed by atoms with Crippen LogP contribution in [0, 0.1) is 6.92 Å². The van der Waals surface area contributed by atoms with Crippen LogP contribution in [0.5, 0.6) is 0 Å². The minimum atomic E-state index is -0.489. The molecule has 0 aromatic carbocycles. The van der Waals surface area contributed by atoms with Gasteiger partial charge in [-0.25, -0.2) is 4.79 Å². The van der Waals surface area contributed by atoms with Crippen molar-refractivity contribution >= 4 is 23.5 Å². The summed E-state index contributed by atoms with van der Waals surface area (Å²) < 4.78 is 0. The van der Waals surface area contributed by atoms with Gasteiger partial charge in [0.05, 0.1) is 6.54 Å². The van der Waals surface area contributed by atoms with Crippen LogP contribution >= 0.6 is 0 Å². The Morgan fingerprint density at radius 3 is 2.79 bits per heavy atom. The lowest BCUT2D eigenvalue weighted by Gasteiger charge is -2.24. The minimum Gasteiger partial charge on any atom is -0.370 e. The van der Waals surface area contributed by atoms with E-state index in [1.165, 1.54) is 0 Å². The molecule has 2 fully saturated rings. The van der Waals surface area contributed by atoms with Crippen molar-refractivity contribution in [3.05, 3.63) is 24.0 Å². The molecule has 24 heavy (non-hydrogen) atoms. The number of urea groups is 1. The number of hydrogen-bond acceptors (Lipinski definition) is 5. The zero-order chi connectivity index (χ0) is 17.1. The molecule has 0 bridgehead atoms. The summed E-state index contributed by atoms with van der Waals surface area (Å²) in [6.07, 6.45) is 2.63. The first kappa shape index (κ1) is 16.2. The molecule has 8 nitrogen and oxygen atoms in total. The van der Waals surface area contributed by atoms with Crippen molar-refractivity contribution in [3.8, 4) is 0 Å². The third-order valence-electron chi connectivity index (χ3n) is 4.32. The van der Waals surface area contributed by atoms with Gasteiger partial charge in [-0.15, -0.1) is 0 Å². The van der Waals surface area contributed by atoms with Gasteiger partial charge in [-0.2, -0.15) is 0 Å². The molecule has 2 aliphatic rings. The Balaban J connectivity index is 1.60. The molecule has 3 heterocycles. The van der Waals surface area contributed by atoms with E-state index >= 15 is 0 Å². The SMILES string of the molecule is Cc1cc(N2CCCN(C(=O)CN3C(=O)CNC3=O)CC2)ccn1. The van der Waals surface area contributed by atoms with E-state index in [4.69, 9.17) is 0 Å². The Bertz CT molecular complexity index is 647. The molecule has 1 N–H and O–H groups in total. The van der Waals surface area contributed by atoms with E-state index in [0.29, 0.717) is 13.1 Å². The highest BCUT2D eigenvalue weighted by molar-refractivity contribution is 6.04. The van der Waals surface area contributed by atoms with Gasteiger partial charge in [0.25, 0.3) is 5.91 Å². The molecule has 1 aromatic rings. The number of aromatic nitrogens is 1. The Labute approximate surface area is 140 Å². The van der Waals surface area contributed by atoms with Crippen LogP contribution in [0.15, 0.2) is 18.3 Å². The van der Waals surface area contributed by atoms with E-state index in [-0.39, 0.29) is 24.9 Å². The van der Waals surface area contributed by atoms with Crippen LogP contribution in [0.3, 0.4) is 0 Å². The van der Waals surface area contributed by atoms with Crippen LogP contribution in [-0.2, 0) is 9.59 Å². The number of nitrogens with zero attached hydrogens (tertiary/aromatic N) is 4. The van der Waals surface area contributed by atoms with Gasteiger partial charge in [0, 0.05) is 43.8 Å². The Kier molecular flexibility index (Phi) is 4.64. The van der Waals surface area contributed by atoms with E-state index < -0.39 is 6.03 Å². The Morgan fingerprint density at radius 2 is 2.08 bits per heavy atom. The third kappa shape index (κ3) is 3.47. The highest BCUT2D eigenvalue weighted by Crippen LogP contribution is 2.17. The molecule has 0 atom stereocenters. The van der Waals surface area contributed by atoms with E-state index in [1.54, 1.807) is 11.1 Å². The van der Waals surface area contributed by atoms with Crippen molar-refractivity contribution < 1.29 is 14.4 Å². The van der Waals surface area contributed by atoms with Gasteiger partial charge in [0.1, 0.15) is 6.54 Å². The molecule has 0 unspecified atom stereocenters. The average Bonchev–Trinajstić information content (AvgIpc) is 2.79. The molecule has 2 aliphatic heterocycles. The highest BCUT2D eigenvalue weighted by Gasteiger charge is 2.32. The summed E-state index contributed by atoms with van der Waals surface area (Å²) in [4.78, 5) is 44.7. The standard InChI is InChI=1S/C16H21N5O3/c1-12-9-13(3-4-17-12)19-5-2-6-20(8-7-19)15(23)11-21-14(22)10-18-16(21)24/h3-4,9H,2,5-8,10-11H2,1H3,(H,18,24). The summed E-state index contributed by atoms with van der Waals surface area (Å²) in [5.74, 6) is -0.537. The summed E-state index contributed by atoms with van der Waals surface area (Å²) in [5.41, 5.74) is 2.06. The highest BCUT2D eigenvalue weighted by atomic mass is 16.2. The number of nitrogens with one attached hydrogen (secondary N) is 1. The molecule has 8 heteroatoms. The van der Waals surface area contributed by atoms with Crippen LogP contribution in [0.25, 0.3) is 0 Å². The lowest BCUT2D eigenvalue weighted by atomic mass is 10.3. The van der Waals surface area contributed by atoms with Crippen LogP contribution in [0.1, 0.15) is 12.1 Å². The third-order valence-corrected chi connectivity index (χ3v) is 4.32. The molecule has 128 valence electrons. The number of amides is 4. The molecule has 0 saturated carbocycles. The lowest BCUT2D eigenvalue weighted by Crippen LogP contribution is -2.44. The number of hydrogen-bond donors (Lipinski definition) is 1. The quantitative estimate of drug-likeness (QED) is 0.787. The Morgan fingerprint density at radius 1 is 1.25 bits per heavy atom. The fourth-order valence-electron chi connectivity index (χ4n) is 3.00. The first-order chi connectivity index (χ1) is 11.5.